The van der Waals surface area contributed by atoms with Crippen LogP contribution in [0.2, 0.25) is 5.02 Å². The first kappa shape index (κ1) is 20.4. The first-order chi connectivity index (χ1) is 15.8. The summed E-state index contributed by atoms with van der Waals surface area (Å²) < 4.78 is 34.5. The molecule has 0 radical (unpaired) electrons. The third-order valence-electron chi connectivity index (χ3n) is 6.91. The number of ketones is 1. The SMILES string of the molecule is O=C1C[C@H](C(=O)NC23CC(n4cnc(-c5ccc(F)c(F)c5)c4)(C2)C3)Oc2ccc(Cl)cc21. The van der Waals surface area contributed by atoms with Crippen molar-refractivity contribution in [1.29, 1.82) is 0 Å². The van der Waals surface area contributed by atoms with Gasteiger partial charge < -0.3 is 14.6 Å². The number of rotatable bonds is 4. The maximum atomic E-state index is 13.6. The van der Waals surface area contributed by atoms with E-state index in [-0.39, 0.29) is 29.2 Å². The van der Waals surface area contributed by atoms with Crippen LogP contribution in [0, 0.1) is 11.6 Å². The molecule has 0 spiro atoms. The number of carbonyl (C=O) groups excluding carboxylic acids is 2. The van der Waals surface area contributed by atoms with Gasteiger partial charge in [-0.05, 0) is 55.7 Å². The molecule has 1 N–H and O–H groups in total. The molecule has 3 saturated carbocycles. The van der Waals surface area contributed by atoms with Gasteiger partial charge in [0.1, 0.15) is 5.75 Å². The summed E-state index contributed by atoms with van der Waals surface area (Å²) in [6, 6.07) is 8.49. The summed E-state index contributed by atoms with van der Waals surface area (Å²) in [6.07, 6.45) is 4.79. The Hall–Kier alpha value is -3.26. The molecule has 4 aliphatic rings. The maximum Gasteiger partial charge on any atom is 0.261 e. The standard InChI is InChI=1S/C24H18ClF2N3O3/c25-14-2-4-20-15(6-14)19(31)7-21(33-20)22(32)29-23-9-24(10-23,11-23)30-8-18(28-12-30)13-1-3-16(26)17(27)5-13/h1-6,8,12,21H,7,9-11H2,(H,29,32)/t21-,23?,24?/m1/s1. The van der Waals surface area contributed by atoms with Gasteiger partial charge in [-0.3, -0.25) is 9.59 Å². The number of nitrogens with zero attached hydrogens (tertiary/aromatic N) is 2. The van der Waals surface area contributed by atoms with Crippen LogP contribution < -0.4 is 10.1 Å². The molecule has 7 rings (SSSR count). The van der Waals surface area contributed by atoms with Crippen molar-refractivity contribution in [2.24, 2.45) is 0 Å². The Bertz CT molecular complexity index is 1320. The number of imidazole rings is 1. The summed E-state index contributed by atoms with van der Waals surface area (Å²) >= 11 is 5.95. The van der Waals surface area contributed by atoms with Crippen LogP contribution in [0.5, 0.6) is 5.75 Å². The highest BCUT2D eigenvalue weighted by Crippen LogP contribution is 2.65. The molecule has 2 aromatic carbocycles. The molecule has 6 nitrogen and oxygen atoms in total. The average molecular weight is 470 g/mol. The van der Waals surface area contributed by atoms with Crippen LogP contribution in [-0.2, 0) is 10.3 Å². The summed E-state index contributed by atoms with van der Waals surface area (Å²) in [6.45, 7) is 0. The lowest BCUT2D eigenvalue weighted by atomic mass is 9.44. The van der Waals surface area contributed by atoms with Crippen LogP contribution in [0.4, 0.5) is 8.78 Å². The fourth-order valence-corrected chi connectivity index (χ4v) is 5.48. The Kier molecular flexibility index (Phi) is 4.24. The number of hydrogen-bond donors (Lipinski definition) is 1. The highest BCUT2D eigenvalue weighted by Gasteiger charge is 2.70. The molecule has 2 bridgehead atoms. The lowest BCUT2D eigenvalue weighted by molar-refractivity contribution is -0.160. The fraction of sp³-hybridized carbons (Fsp3) is 0.292. The van der Waals surface area contributed by atoms with Gasteiger partial charge in [0.05, 0.1) is 29.5 Å². The first-order valence-electron chi connectivity index (χ1n) is 10.6. The van der Waals surface area contributed by atoms with Gasteiger partial charge in [0.2, 0.25) is 0 Å². The highest BCUT2D eigenvalue weighted by atomic mass is 35.5. The Morgan fingerprint density at radius 1 is 1.15 bits per heavy atom. The van der Waals surface area contributed by atoms with E-state index in [1.807, 2.05) is 10.8 Å². The van der Waals surface area contributed by atoms with E-state index in [0.29, 0.717) is 27.6 Å². The molecular weight excluding hydrogens is 452 g/mol. The van der Waals surface area contributed by atoms with Crippen molar-refractivity contribution < 1.29 is 23.1 Å². The molecular formula is C24H18ClF2N3O3. The van der Waals surface area contributed by atoms with E-state index in [9.17, 15) is 18.4 Å². The van der Waals surface area contributed by atoms with Gasteiger partial charge in [0.15, 0.2) is 23.5 Å². The molecule has 0 unspecified atom stereocenters. The predicted octanol–water partition coefficient (Wildman–Crippen LogP) is 4.26. The monoisotopic (exact) mass is 469 g/mol. The maximum absolute atomic E-state index is 13.6. The minimum absolute atomic E-state index is 0.0283. The number of hydrogen-bond acceptors (Lipinski definition) is 4. The van der Waals surface area contributed by atoms with E-state index in [1.165, 1.54) is 6.07 Å². The van der Waals surface area contributed by atoms with E-state index in [1.54, 1.807) is 24.5 Å². The van der Waals surface area contributed by atoms with Gasteiger partial charge in [-0.2, -0.15) is 0 Å². The van der Waals surface area contributed by atoms with Crippen LogP contribution in [0.3, 0.4) is 0 Å². The smallest absolute Gasteiger partial charge is 0.261 e. The first-order valence-corrected chi connectivity index (χ1v) is 11.0. The third-order valence-corrected chi connectivity index (χ3v) is 7.15. The summed E-state index contributed by atoms with van der Waals surface area (Å²) in [5.74, 6) is -1.91. The summed E-state index contributed by atoms with van der Waals surface area (Å²) in [4.78, 5) is 29.6. The summed E-state index contributed by atoms with van der Waals surface area (Å²) in [5.41, 5.74) is 0.986. The molecule has 33 heavy (non-hydrogen) atoms. The number of amides is 1. The number of aromatic nitrogens is 2. The van der Waals surface area contributed by atoms with Crippen molar-refractivity contribution in [3.63, 3.8) is 0 Å². The van der Waals surface area contributed by atoms with Gasteiger partial charge in [-0.1, -0.05) is 11.6 Å². The molecule has 3 aliphatic carbocycles. The number of nitrogens with one attached hydrogen (secondary N) is 1. The fourth-order valence-electron chi connectivity index (χ4n) is 5.31. The van der Waals surface area contributed by atoms with Gasteiger partial charge in [0.25, 0.3) is 5.91 Å². The van der Waals surface area contributed by atoms with E-state index in [2.05, 4.69) is 10.3 Å². The zero-order valence-electron chi connectivity index (χ0n) is 17.3. The molecule has 3 fully saturated rings. The Morgan fingerprint density at radius 3 is 2.70 bits per heavy atom. The zero-order valence-corrected chi connectivity index (χ0v) is 18.0. The minimum atomic E-state index is -0.914. The second-order valence-corrected chi connectivity index (χ2v) is 9.63. The largest absolute Gasteiger partial charge is 0.479 e. The second kappa shape index (κ2) is 6.87. The summed E-state index contributed by atoms with van der Waals surface area (Å²) in [5, 5.41) is 3.52. The number of halogens is 3. The Labute approximate surface area is 192 Å². The van der Waals surface area contributed by atoms with E-state index < -0.39 is 17.7 Å². The molecule has 1 amide bonds. The number of ether oxygens (including phenoxy) is 1. The van der Waals surface area contributed by atoms with Crippen molar-refractivity contribution in [3.8, 4) is 17.0 Å². The van der Waals surface area contributed by atoms with Crippen LogP contribution in [-0.4, -0.2) is 32.9 Å². The van der Waals surface area contributed by atoms with Gasteiger partial charge in [0, 0.05) is 22.3 Å². The number of benzene rings is 2. The molecule has 1 atom stereocenters. The third kappa shape index (κ3) is 3.15. The van der Waals surface area contributed by atoms with Crippen molar-refractivity contribution in [2.45, 2.75) is 42.9 Å². The molecule has 1 aliphatic heterocycles. The van der Waals surface area contributed by atoms with Crippen LogP contribution >= 0.6 is 11.6 Å². The molecule has 168 valence electrons. The Balaban J connectivity index is 1.11. The van der Waals surface area contributed by atoms with Crippen LogP contribution in [0.25, 0.3) is 11.3 Å². The quantitative estimate of drug-likeness (QED) is 0.619. The molecule has 9 heteroatoms. The molecule has 3 aromatic rings. The normalized spacial score (nSPS) is 27.1. The average Bonchev–Trinajstić information content (AvgIpc) is 3.21. The number of fused-ring (bicyclic) bond motifs is 1. The molecule has 1 aromatic heterocycles. The molecule has 2 heterocycles. The number of carbonyl (C=O) groups is 2. The Morgan fingerprint density at radius 2 is 1.94 bits per heavy atom. The van der Waals surface area contributed by atoms with Gasteiger partial charge in [-0.25, -0.2) is 13.8 Å². The predicted molar refractivity (Wildman–Crippen MR) is 115 cm³/mol. The van der Waals surface area contributed by atoms with Crippen LogP contribution in [0.1, 0.15) is 36.0 Å². The van der Waals surface area contributed by atoms with Crippen molar-refractivity contribution in [3.05, 3.63) is 71.1 Å². The molecule has 0 saturated heterocycles. The van der Waals surface area contributed by atoms with Crippen molar-refractivity contribution >= 4 is 23.3 Å². The van der Waals surface area contributed by atoms with Crippen molar-refractivity contribution in [1.82, 2.24) is 14.9 Å². The van der Waals surface area contributed by atoms with Gasteiger partial charge >= 0.3 is 0 Å². The topological polar surface area (TPSA) is 73.2 Å². The van der Waals surface area contributed by atoms with E-state index in [0.717, 1.165) is 31.4 Å². The van der Waals surface area contributed by atoms with E-state index in [4.69, 9.17) is 16.3 Å². The lowest BCUT2D eigenvalue weighted by Gasteiger charge is -2.70. The highest BCUT2D eigenvalue weighted by molar-refractivity contribution is 6.31. The van der Waals surface area contributed by atoms with E-state index >= 15 is 0 Å². The van der Waals surface area contributed by atoms with Gasteiger partial charge in [-0.15, -0.1) is 0 Å². The lowest BCUT2D eigenvalue weighted by Crippen LogP contribution is -2.79. The zero-order chi connectivity index (χ0) is 23.0. The summed E-state index contributed by atoms with van der Waals surface area (Å²) in [7, 11) is 0. The second-order valence-electron chi connectivity index (χ2n) is 9.19. The van der Waals surface area contributed by atoms with Crippen LogP contribution in [0.15, 0.2) is 48.9 Å². The van der Waals surface area contributed by atoms with Crippen molar-refractivity contribution in [2.75, 3.05) is 0 Å². The minimum Gasteiger partial charge on any atom is -0.479 e. The number of Topliss-reactive ketones (excluding diaryl/α,β-unsaturated/α-hetero) is 1.